The average Bonchev–Trinajstić information content (AvgIpc) is 2.73. The molecule has 1 N–H and O–H groups in total. The topological polar surface area (TPSA) is 29.1 Å². The first-order valence-corrected chi connectivity index (χ1v) is 5.63. The molecule has 0 spiro atoms. The monoisotopic (exact) mass is 217 g/mol. The molecule has 0 aromatic heterocycles. The Morgan fingerprint density at radius 2 is 2.13 bits per heavy atom. The van der Waals surface area contributed by atoms with Gasteiger partial charge in [-0.25, -0.2) is 0 Å². The Kier molecular flexibility index (Phi) is 2.69. The maximum Gasteiger partial charge on any atom is 0.321 e. The molecule has 0 radical (unpaired) electrons. The molecule has 0 aromatic carbocycles. The van der Waals surface area contributed by atoms with Crippen LogP contribution in [0, 0.1) is 17.8 Å². The lowest BCUT2D eigenvalue weighted by Gasteiger charge is -2.22. The summed E-state index contributed by atoms with van der Waals surface area (Å²) in [5, 5.41) is 2.36. The predicted molar refractivity (Wildman–Crippen MR) is 52.6 cm³/mol. The zero-order valence-corrected chi connectivity index (χ0v) is 8.93. The Bertz CT molecular complexity index is 262. The Morgan fingerprint density at radius 1 is 1.40 bits per heavy atom. The molecule has 0 aromatic rings. The average molecular weight is 217 g/mol. The zero-order valence-electron chi connectivity index (χ0n) is 8.93. The molecule has 2 aliphatic carbocycles. The summed E-state index contributed by atoms with van der Waals surface area (Å²) < 4.78 is 25.1. The second-order valence-electron chi connectivity index (χ2n) is 5.03. The highest BCUT2D eigenvalue weighted by molar-refractivity contribution is 5.82. The van der Waals surface area contributed by atoms with Gasteiger partial charge in [-0.15, -0.1) is 0 Å². The Balaban J connectivity index is 1.77. The lowest BCUT2D eigenvalue weighted by atomic mass is 9.89. The van der Waals surface area contributed by atoms with Gasteiger partial charge in [-0.3, -0.25) is 4.79 Å². The van der Waals surface area contributed by atoms with Crippen LogP contribution in [0.4, 0.5) is 8.78 Å². The van der Waals surface area contributed by atoms with Crippen LogP contribution in [-0.2, 0) is 4.79 Å². The van der Waals surface area contributed by atoms with E-state index in [1.54, 1.807) is 0 Å². The number of carbonyl (C=O) groups is 1. The zero-order chi connectivity index (χ0) is 11.1. The van der Waals surface area contributed by atoms with Crippen molar-refractivity contribution >= 4 is 5.91 Å². The third-order valence-electron chi connectivity index (χ3n) is 3.81. The van der Waals surface area contributed by atoms with E-state index in [9.17, 15) is 13.6 Å². The summed E-state index contributed by atoms with van der Waals surface area (Å²) in [7, 11) is 0. The Morgan fingerprint density at radius 3 is 2.60 bits per heavy atom. The van der Waals surface area contributed by atoms with Crippen LogP contribution in [0.1, 0.15) is 32.6 Å². The van der Waals surface area contributed by atoms with E-state index in [1.807, 2.05) is 0 Å². The molecular weight excluding hydrogens is 200 g/mol. The van der Waals surface area contributed by atoms with E-state index in [-0.39, 0.29) is 0 Å². The molecular formula is C11H17F2NO. The SMILES string of the molecule is CC(F)(F)C(=O)NCC1CC2CCC1C2. The maximum atomic E-state index is 12.6. The van der Waals surface area contributed by atoms with Gasteiger partial charge < -0.3 is 5.32 Å². The maximum absolute atomic E-state index is 12.6. The highest BCUT2D eigenvalue weighted by atomic mass is 19.3. The van der Waals surface area contributed by atoms with Crippen LogP contribution < -0.4 is 5.32 Å². The number of fused-ring (bicyclic) bond motifs is 2. The van der Waals surface area contributed by atoms with Crippen molar-refractivity contribution < 1.29 is 13.6 Å². The second-order valence-corrected chi connectivity index (χ2v) is 5.03. The fourth-order valence-electron chi connectivity index (χ4n) is 3.01. The van der Waals surface area contributed by atoms with Crippen molar-refractivity contribution in [2.75, 3.05) is 6.54 Å². The highest BCUT2D eigenvalue weighted by Crippen LogP contribution is 2.47. The number of halogens is 2. The fourth-order valence-corrected chi connectivity index (χ4v) is 3.01. The van der Waals surface area contributed by atoms with Gasteiger partial charge in [-0.2, -0.15) is 8.78 Å². The van der Waals surface area contributed by atoms with Crippen LogP contribution in [0.15, 0.2) is 0 Å². The first-order valence-electron chi connectivity index (χ1n) is 5.63. The first kappa shape index (κ1) is 10.8. The van der Waals surface area contributed by atoms with Crippen molar-refractivity contribution in [3.8, 4) is 0 Å². The van der Waals surface area contributed by atoms with Crippen molar-refractivity contribution in [2.24, 2.45) is 17.8 Å². The number of nitrogens with one attached hydrogen (secondary N) is 1. The van der Waals surface area contributed by atoms with E-state index in [0.717, 1.165) is 12.3 Å². The van der Waals surface area contributed by atoms with E-state index < -0.39 is 11.8 Å². The van der Waals surface area contributed by atoms with Gasteiger partial charge in [0.1, 0.15) is 0 Å². The van der Waals surface area contributed by atoms with Crippen LogP contribution in [0.2, 0.25) is 0 Å². The van der Waals surface area contributed by atoms with Gasteiger partial charge in [0.15, 0.2) is 0 Å². The Labute approximate surface area is 88.4 Å². The van der Waals surface area contributed by atoms with Gasteiger partial charge in [-0.05, 0) is 37.0 Å². The van der Waals surface area contributed by atoms with Crippen molar-refractivity contribution in [3.63, 3.8) is 0 Å². The Hall–Kier alpha value is -0.670. The summed E-state index contributed by atoms with van der Waals surface area (Å²) in [5.74, 6) is -2.47. The highest BCUT2D eigenvalue weighted by Gasteiger charge is 2.40. The lowest BCUT2D eigenvalue weighted by Crippen LogP contribution is -2.40. The minimum atomic E-state index is -3.24. The van der Waals surface area contributed by atoms with Crippen LogP contribution in [0.5, 0.6) is 0 Å². The molecule has 2 rings (SSSR count). The minimum Gasteiger partial charge on any atom is -0.351 e. The predicted octanol–water partition coefficient (Wildman–Crippen LogP) is 2.19. The molecule has 4 heteroatoms. The van der Waals surface area contributed by atoms with Crippen molar-refractivity contribution in [1.29, 1.82) is 0 Å². The van der Waals surface area contributed by atoms with Crippen LogP contribution in [-0.4, -0.2) is 18.4 Å². The van der Waals surface area contributed by atoms with E-state index in [2.05, 4.69) is 5.32 Å². The van der Waals surface area contributed by atoms with E-state index in [4.69, 9.17) is 0 Å². The van der Waals surface area contributed by atoms with Gasteiger partial charge in [0.2, 0.25) is 0 Å². The molecule has 0 saturated heterocycles. The lowest BCUT2D eigenvalue weighted by molar-refractivity contribution is -0.143. The molecule has 3 unspecified atom stereocenters. The number of hydrogen-bond donors (Lipinski definition) is 1. The fraction of sp³-hybridized carbons (Fsp3) is 0.909. The molecule has 86 valence electrons. The van der Waals surface area contributed by atoms with Gasteiger partial charge >= 0.3 is 5.92 Å². The van der Waals surface area contributed by atoms with Crippen LogP contribution in [0.3, 0.4) is 0 Å². The van der Waals surface area contributed by atoms with Crippen molar-refractivity contribution in [2.45, 2.75) is 38.5 Å². The quantitative estimate of drug-likeness (QED) is 0.771. The number of hydrogen-bond acceptors (Lipinski definition) is 1. The molecule has 2 nitrogen and oxygen atoms in total. The third kappa shape index (κ3) is 2.29. The molecule has 2 fully saturated rings. The molecule has 2 bridgehead atoms. The minimum absolute atomic E-state index is 0.434. The second kappa shape index (κ2) is 3.72. The number of rotatable bonds is 3. The van der Waals surface area contributed by atoms with Crippen molar-refractivity contribution in [3.05, 3.63) is 0 Å². The number of carbonyl (C=O) groups excluding carboxylic acids is 1. The summed E-state index contributed by atoms with van der Waals surface area (Å²) in [6, 6.07) is 0. The van der Waals surface area contributed by atoms with E-state index in [0.29, 0.717) is 25.3 Å². The van der Waals surface area contributed by atoms with E-state index in [1.165, 1.54) is 19.3 Å². The summed E-state index contributed by atoms with van der Waals surface area (Å²) in [5.41, 5.74) is 0. The summed E-state index contributed by atoms with van der Waals surface area (Å²) in [4.78, 5) is 11.0. The van der Waals surface area contributed by atoms with Gasteiger partial charge in [0, 0.05) is 13.5 Å². The number of amides is 1. The molecule has 0 aliphatic heterocycles. The molecule has 2 aliphatic rings. The van der Waals surface area contributed by atoms with Crippen LogP contribution >= 0.6 is 0 Å². The summed E-state index contributed by atoms with van der Waals surface area (Å²) in [6.07, 6.45) is 4.86. The normalized spacial score (nSPS) is 34.5. The molecule has 15 heavy (non-hydrogen) atoms. The standard InChI is InChI=1S/C11H17F2NO/c1-11(12,13)10(15)14-6-9-5-7-2-3-8(9)4-7/h7-9H,2-6H2,1H3,(H,14,15). The molecule has 0 heterocycles. The van der Waals surface area contributed by atoms with Gasteiger partial charge in [-0.1, -0.05) is 6.42 Å². The third-order valence-corrected chi connectivity index (χ3v) is 3.81. The van der Waals surface area contributed by atoms with Crippen LogP contribution in [0.25, 0.3) is 0 Å². The van der Waals surface area contributed by atoms with Gasteiger partial charge in [0.25, 0.3) is 5.91 Å². The number of alkyl halides is 2. The molecule has 3 atom stereocenters. The van der Waals surface area contributed by atoms with Gasteiger partial charge in [0.05, 0.1) is 0 Å². The molecule has 1 amide bonds. The van der Waals surface area contributed by atoms with Crippen molar-refractivity contribution in [1.82, 2.24) is 5.32 Å². The first-order chi connectivity index (χ1) is 6.97. The smallest absolute Gasteiger partial charge is 0.321 e. The van der Waals surface area contributed by atoms with E-state index >= 15 is 0 Å². The largest absolute Gasteiger partial charge is 0.351 e. The molecule has 2 saturated carbocycles. The summed E-state index contributed by atoms with van der Waals surface area (Å²) in [6.45, 7) is 1.08. The summed E-state index contributed by atoms with van der Waals surface area (Å²) >= 11 is 0.